The van der Waals surface area contributed by atoms with E-state index in [1.165, 1.54) is 128 Å². The molecule has 232 valence electrons. The van der Waals surface area contributed by atoms with Crippen molar-refractivity contribution in [1.29, 1.82) is 0 Å². The fourth-order valence-electron chi connectivity index (χ4n) is 3.66. The molecule has 38 heavy (non-hydrogen) atoms. The molecular formula is C28H60O10. The Balaban J connectivity index is -0.000000237. The second-order valence-electron chi connectivity index (χ2n) is 9.30. The van der Waals surface area contributed by atoms with Crippen molar-refractivity contribution in [3.63, 3.8) is 0 Å². The molecule has 0 aromatic heterocycles. The van der Waals surface area contributed by atoms with Gasteiger partial charge in [-0.25, -0.2) is 19.4 Å². The predicted molar refractivity (Wildman–Crippen MR) is 151 cm³/mol. The van der Waals surface area contributed by atoms with Crippen LogP contribution in [0.1, 0.15) is 155 Å². The van der Waals surface area contributed by atoms with Crippen molar-refractivity contribution in [2.45, 2.75) is 155 Å². The molecule has 6 N–H and O–H groups in total. The van der Waals surface area contributed by atoms with Crippen molar-refractivity contribution in [2.24, 2.45) is 0 Å². The Morgan fingerprint density at radius 3 is 0.711 bits per heavy atom. The minimum absolute atomic E-state index is 0.497. The molecule has 0 fully saturated rings. The molecule has 0 heterocycles. The lowest BCUT2D eigenvalue weighted by Crippen LogP contribution is -1.88. The number of hydrogen-bond acceptors (Lipinski definition) is 6. The molecule has 0 aliphatic heterocycles. The van der Waals surface area contributed by atoms with E-state index in [9.17, 15) is 0 Å². The first-order chi connectivity index (χ1) is 18.3. The van der Waals surface area contributed by atoms with Crippen LogP contribution in [-0.2, 0) is 9.78 Å². The first kappa shape index (κ1) is 43.4. The van der Waals surface area contributed by atoms with E-state index >= 15 is 0 Å². The molecule has 0 radical (unpaired) electrons. The molecule has 0 aromatic carbocycles. The van der Waals surface area contributed by atoms with Crippen LogP contribution in [0.4, 0.5) is 9.59 Å². The number of unbranched alkanes of at least 4 members (excludes halogenated alkanes) is 20. The van der Waals surface area contributed by atoms with E-state index in [1.807, 2.05) is 0 Å². The summed E-state index contributed by atoms with van der Waals surface area (Å²) in [6.45, 7) is 5.51. The monoisotopic (exact) mass is 556 g/mol. The van der Waals surface area contributed by atoms with E-state index < -0.39 is 12.3 Å². The Hall–Kier alpha value is -1.62. The van der Waals surface area contributed by atoms with E-state index in [1.54, 1.807) is 0 Å². The van der Waals surface area contributed by atoms with Gasteiger partial charge in [0.2, 0.25) is 0 Å². The van der Waals surface area contributed by atoms with Gasteiger partial charge in [0.1, 0.15) is 0 Å². The number of carboxylic acid groups (broad SMARTS) is 4. The van der Waals surface area contributed by atoms with Crippen LogP contribution in [0.25, 0.3) is 0 Å². The highest BCUT2D eigenvalue weighted by molar-refractivity contribution is 5.53. The average Bonchev–Trinajstić information content (AvgIpc) is 2.86. The van der Waals surface area contributed by atoms with E-state index in [0.717, 1.165) is 12.8 Å². The lowest BCUT2D eigenvalue weighted by molar-refractivity contribution is -0.242. The van der Waals surface area contributed by atoms with Gasteiger partial charge in [-0.1, -0.05) is 142 Å². The maximum absolute atomic E-state index is 8.56. The zero-order valence-corrected chi connectivity index (χ0v) is 24.3. The predicted octanol–water partition coefficient (Wildman–Crippen LogP) is 10.0. The normalized spacial score (nSPS) is 9.79. The quantitative estimate of drug-likeness (QED) is 0.0381. The Kier molecular flexibility index (Phi) is 51.8. The molecule has 0 rings (SSSR count). The molecule has 0 saturated carbocycles. The van der Waals surface area contributed by atoms with Gasteiger partial charge >= 0.3 is 12.3 Å². The van der Waals surface area contributed by atoms with Crippen molar-refractivity contribution >= 4 is 12.3 Å². The van der Waals surface area contributed by atoms with Gasteiger partial charge in [-0.05, 0) is 12.8 Å². The van der Waals surface area contributed by atoms with Crippen LogP contribution in [0.3, 0.4) is 0 Å². The molecule has 0 amide bonds. The van der Waals surface area contributed by atoms with Gasteiger partial charge in [-0.15, -0.1) is 0 Å². The molecule has 0 aliphatic rings. The van der Waals surface area contributed by atoms with E-state index in [4.69, 9.17) is 40.5 Å². The van der Waals surface area contributed by atoms with Gasteiger partial charge in [0.15, 0.2) is 0 Å². The summed E-state index contributed by atoms with van der Waals surface area (Å²) in [4.78, 5) is 25.2. The first-order valence-electron chi connectivity index (χ1n) is 14.7. The Bertz CT molecular complexity index is 352. The summed E-state index contributed by atoms with van der Waals surface area (Å²) in [6, 6.07) is 0. The molecule has 0 aromatic rings. The molecule has 0 unspecified atom stereocenters. The number of rotatable bonds is 24. The third kappa shape index (κ3) is 76.5. The van der Waals surface area contributed by atoms with Gasteiger partial charge in [0.05, 0.1) is 13.2 Å². The van der Waals surface area contributed by atoms with Crippen LogP contribution in [0.5, 0.6) is 0 Å². The highest BCUT2D eigenvalue weighted by Gasteiger charge is 1.94. The van der Waals surface area contributed by atoms with Gasteiger partial charge in [-0.2, -0.15) is 0 Å². The van der Waals surface area contributed by atoms with Gasteiger partial charge in [-0.3, -0.25) is 10.5 Å². The third-order valence-corrected chi connectivity index (χ3v) is 5.68. The van der Waals surface area contributed by atoms with Gasteiger partial charge < -0.3 is 20.4 Å². The summed E-state index contributed by atoms with van der Waals surface area (Å²) in [5.74, 6) is 0. The summed E-state index contributed by atoms with van der Waals surface area (Å²) in [5, 5.41) is 44.1. The second-order valence-corrected chi connectivity index (χ2v) is 9.30. The minimum atomic E-state index is -1.83. The standard InChI is InChI=1S/2C13H28O2.2CH2O3/c2*1-2-3-4-5-6-7-8-9-10-11-12-13-15-14;2*2-1(3)4/h2*14H,2-13H2,1H3;2*(H2,2,3,4). The summed E-state index contributed by atoms with van der Waals surface area (Å²) in [6.07, 6.45) is 25.6. The van der Waals surface area contributed by atoms with Crippen LogP contribution in [0, 0.1) is 0 Å². The molecule has 0 bridgehead atoms. The summed E-state index contributed by atoms with van der Waals surface area (Å²) >= 11 is 0. The zero-order chi connectivity index (χ0) is 29.5. The third-order valence-electron chi connectivity index (χ3n) is 5.68. The molecule has 10 heteroatoms. The molecule has 10 nitrogen and oxygen atoms in total. The van der Waals surface area contributed by atoms with Crippen LogP contribution in [-0.4, -0.2) is 56.5 Å². The first-order valence-corrected chi connectivity index (χ1v) is 14.7. The molecule has 0 atom stereocenters. The molecule has 0 spiro atoms. The van der Waals surface area contributed by atoms with Crippen LogP contribution < -0.4 is 0 Å². The summed E-state index contributed by atoms with van der Waals surface area (Å²) in [5.41, 5.74) is 0. The smallest absolute Gasteiger partial charge is 0.450 e. The van der Waals surface area contributed by atoms with Crippen LogP contribution in [0.2, 0.25) is 0 Å². The second kappa shape index (κ2) is 45.3. The zero-order valence-electron chi connectivity index (χ0n) is 24.3. The van der Waals surface area contributed by atoms with Crippen molar-refractivity contribution in [3.05, 3.63) is 0 Å². The van der Waals surface area contributed by atoms with Crippen LogP contribution in [0.15, 0.2) is 0 Å². The Morgan fingerprint density at radius 2 is 0.553 bits per heavy atom. The fraction of sp³-hybridized carbons (Fsp3) is 0.929. The van der Waals surface area contributed by atoms with Gasteiger partial charge in [0, 0.05) is 0 Å². The van der Waals surface area contributed by atoms with Crippen LogP contribution >= 0.6 is 0 Å². The lowest BCUT2D eigenvalue weighted by atomic mass is 10.1. The van der Waals surface area contributed by atoms with Gasteiger partial charge in [0.25, 0.3) is 0 Å². The highest BCUT2D eigenvalue weighted by atomic mass is 17.1. The number of carbonyl (C=O) groups is 2. The number of hydrogen-bond donors (Lipinski definition) is 6. The lowest BCUT2D eigenvalue weighted by Gasteiger charge is -2.01. The summed E-state index contributed by atoms with van der Waals surface area (Å²) < 4.78 is 0. The molecular weight excluding hydrogens is 496 g/mol. The minimum Gasteiger partial charge on any atom is -0.450 e. The SMILES string of the molecule is CCCCCCCCCCCCCOO.CCCCCCCCCCCCCOO.O=C(O)O.O=C(O)O. The largest absolute Gasteiger partial charge is 0.503 e. The maximum atomic E-state index is 8.56. The molecule has 0 saturated heterocycles. The topological polar surface area (TPSA) is 174 Å². The van der Waals surface area contributed by atoms with Crippen molar-refractivity contribution in [2.75, 3.05) is 13.2 Å². The Labute approximate surface area is 231 Å². The van der Waals surface area contributed by atoms with Crippen molar-refractivity contribution in [3.8, 4) is 0 Å². The Morgan fingerprint density at radius 1 is 0.395 bits per heavy atom. The maximum Gasteiger partial charge on any atom is 0.503 e. The fourth-order valence-corrected chi connectivity index (χ4v) is 3.66. The van der Waals surface area contributed by atoms with E-state index in [0.29, 0.717) is 13.2 Å². The summed E-state index contributed by atoms with van der Waals surface area (Å²) in [7, 11) is 0. The van der Waals surface area contributed by atoms with Crippen molar-refractivity contribution < 1.29 is 50.3 Å². The molecule has 0 aliphatic carbocycles. The average molecular weight is 557 g/mol. The van der Waals surface area contributed by atoms with E-state index in [-0.39, 0.29) is 0 Å². The highest BCUT2D eigenvalue weighted by Crippen LogP contribution is 2.12. The van der Waals surface area contributed by atoms with E-state index in [2.05, 4.69) is 23.6 Å². The van der Waals surface area contributed by atoms with Crippen molar-refractivity contribution in [1.82, 2.24) is 0 Å².